The summed E-state index contributed by atoms with van der Waals surface area (Å²) in [4.78, 5) is 31.6. The number of rotatable bonds is 5. The number of fused-ring (bicyclic) bond motifs is 3. The second-order valence-electron chi connectivity index (χ2n) is 8.83. The number of imidazole rings is 1. The first-order valence-corrected chi connectivity index (χ1v) is 10.1. The quantitative estimate of drug-likeness (QED) is 0.879. The van der Waals surface area contributed by atoms with Crippen LogP contribution in [0.3, 0.4) is 0 Å². The third-order valence-corrected chi connectivity index (χ3v) is 6.57. The van der Waals surface area contributed by atoms with Crippen LogP contribution in [0, 0.1) is 23.7 Å². The SMILES string of the molecule is CC(C)n1cnc(C(=O)NCC2CC3CCC2N(C(=O)[C@H]2C[C@@H]2C)C3)c1. The van der Waals surface area contributed by atoms with Gasteiger partial charge in [0, 0.05) is 37.3 Å². The minimum absolute atomic E-state index is 0.112. The van der Waals surface area contributed by atoms with Crippen LogP contribution in [0.5, 0.6) is 0 Å². The molecule has 0 spiro atoms. The molecule has 142 valence electrons. The summed E-state index contributed by atoms with van der Waals surface area (Å²) in [6.45, 7) is 7.86. The van der Waals surface area contributed by atoms with Crippen molar-refractivity contribution in [3.63, 3.8) is 0 Å². The zero-order chi connectivity index (χ0) is 18.4. The first-order chi connectivity index (χ1) is 12.4. The minimum Gasteiger partial charge on any atom is -0.350 e. The Hall–Kier alpha value is -1.85. The van der Waals surface area contributed by atoms with E-state index < -0.39 is 0 Å². The van der Waals surface area contributed by atoms with E-state index in [2.05, 4.69) is 36.0 Å². The minimum atomic E-state index is -0.112. The number of nitrogens with one attached hydrogen (secondary N) is 1. The van der Waals surface area contributed by atoms with Crippen LogP contribution in [0.4, 0.5) is 0 Å². The number of hydrogen-bond donors (Lipinski definition) is 1. The lowest BCUT2D eigenvalue weighted by Gasteiger charge is -2.50. The van der Waals surface area contributed by atoms with Crippen LogP contribution in [0.15, 0.2) is 12.5 Å². The molecule has 1 aromatic rings. The molecule has 4 aliphatic rings. The molecule has 2 saturated carbocycles. The fraction of sp³-hybridized carbons (Fsp3) is 0.750. The van der Waals surface area contributed by atoms with Crippen LogP contribution in [0.1, 0.15) is 63.0 Å². The van der Waals surface area contributed by atoms with Gasteiger partial charge in [0.25, 0.3) is 5.91 Å². The average molecular weight is 358 g/mol. The van der Waals surface area contributed by atoms with Crippen molar-refractivity contribution in [2.45, 2.75) is 58.5 Å². The highest BCUT2D eigenvalue weighted by Gasteiger charge is 2.48. The number of carbonyl (C=O) groups excluding carboxylic acids is 2. The molecular weight excluding hydrogens is 328 g/mol. The highest BCUT2D eigenvalue weighted by atomic mass is 16.2. The Kier molecular flexibility index (Phi) is 4.53. The number of hydrogen-bond acceptors (Lipinski definition) is 3. The van der Waals surface area contributed by atoms with Crippen molar-refractivity contribution in [2.24, 2.45) is 23.7 Å². The molecule has 6 nitrogen and oxygen atoms in total. The van der Waals surface area contributed by atoms with Crippen LogP contribution in [0.25, 0.3) is 0 Å². The van der Waals surface area contributed by atoms with Gasteiger partial charge in [0.2, 0.25) is 5.91 Å². The van der Waals surface area contributed by atoms with Gasteiger partial charge in [-0.05, 0) is 57.3 Å². The van der Waals surface area contributed by atoms with Gasteiger partial charge in [0.05, 0.1) is 6.33 Å². The Morgan fingerprint density at radius 2 is 2.08 bits per heavy atom. The van der Waals surface area contributed by atoms with Crippen molar-refractivity contribution < 1.29 is 9.59 Å². The fourth-order valence-corrected chi connectivity index (χ4v) is 4.74. The predicted molar refractivity (Wildman–Crippen MR) is 98.5 cm³/mol. The van der Waals surface area contributed by atoms with Gasteiger partial charge >= 0.3 is 0 Å². The number of aromatic nitrogens is 2. The van der Waals surface area contributed by atoms with E-state index in [4.69, 9.17) is 0 Å². The summed E-state index contributed by atoms with van der Waals surface area (Å²) in [5, 5.41) is 3.07. The van der Waals surface area contributed by atoms with Crippen molar-refractivity contribution in [1.82, 2.24) is 19.8 Å². The van der Waals surface area contributed by atoms with E-state index in [1.54, 1.807) is 12.5 Å². The zero-order valence-electron chi connectivity index (χ0n) is 16.0. The normalized spacial score (nSPS) is 32.8. The number of amides is 2. The summed E-state index contributed by atoms with van der Waals surface area (Å²) in [6.07, 6.45) is 7.98. The Bertz CT molecular complexity index is 698. The molecule has 26 heavy (non-hydrogen) atoms. The van der Waals surface area contributed by atoms with E-state index in [1.807, 2.05) is 4.57 Å². The van der Waals surface area contributed by atoms with Crippen LogP contribution >= 0.6 is 0 Å². The molecule has 0 aromatic carbocycles. The number of carbonyl (C=O) groups is 2. The van der Waals surface area contributed by atoms with Gasteiger partial charge in [-0.2, -0.15) is 0 Å². The average Bonchev–Trinajstić information content (AvgIpc) is 3.16. The molecule has 2 aliphatic carbocycles. The second-order valence-corrected chi connectivity index (χ2v) is 8.83. The summed E-state index contributed by atoms with van der Waals surface area (Å²) >= 11 is 0. The smallest absolute Gasteiger partial charge is 0.271 e. The molecule has 1 N–H and O–H groups in total. The van der Waals surface area contributed by atoms with Gasteiger partial charge in [-0.25, -0.2) is 4.98 Å². The van der Waals surface area contributed by atoms with E-state index >= 15 is 0 Å². The fourth-order valence-electron chi connectivity index (χ4n) is 4.74. The van der Waals surface area contributed by atoms with Crippen molar-refractivity contribution in [2.75, 3.05) is 13.1 Å². The molecule has 0 radical (unpaired) electrons. The molecule has 2 saturated heterocycles. The Morgan fingerprint density at radius 1 is 1.31 bits per heavy atom. The van der Waals surface area contributed by atoms with Crippen LogP contribution in [-0.2, 0) is 4.79 Å². The van der Waals surface area contributed by atoms with Crippen molar-refractivity contribution in [3.05, 3.63) is 18.2 Å². The molecule has 2 aliphatic heterocycles. The summed E-state index contributed by atoms with van der Waals surface area (Å²) in [6, 6.07) is 0.594. The Morgan fingerprint density at radius 3 is 2.69 bits per heavy atom. The van der Waals surface area contributed by atoms with Gasteiger partial charge in [-0.3, -0.25) is 9.59 Å². The first-order valence-electron chi connectivity index (χ1n) is 10.1. The summed E-state index contributed by atoms with van der Waals surface area (Å²) in [5.41, 5.74) is 0.472. The Balaban J connectivity index is 1.36. The summed E-state index contributed by atoms with van der Waals surface area (Å²) in [5.74, 6) is 2.02. The number of nitrogens with zero attached hydrogens (tertiary/aromatic N) is 3. The predicted octanol–water partition coefficient (Wildman–Crippen LogP) is 2.48. The highest BCUT2D eigenvalue weighted by Crippen LogP contribution is 2.44. The number of piperidine rings is 2. The van der Waals surface area contributed by atoms with E-state index in [9.17, 15) is 9.59 Å². The van der Waals surface area contributed by atoms with Crippen LogP contribution in [-0.4, -0.2) is 45.4 Å². The van der Waals surface area contributed by atoms with E-state index in [-0.39, 0.29) is 11.8 Å². The molecule has 5 rings (SSSR count). The summed E-state index contributed by atoms with van der Waals surface area (Å²) < 4.78 is 1.94. The van der Waals surface area contributed by atoms with Crippen molar-refractivity contribution >= 4 is 11.8 Å². The van der Waals surface area contributed by atoms with Gasteiger partial charge in [-0.15, -0.1) is 0 Å². The third kappa shape index (κ3) is 3.26. The van der Waals surface area contributed by atoms with Crippen molar-refractivity contribution in [3.8, 4) is 0 Å². The molecule has 5 atom stereocenters. The van der Waals surface area contributed by atoms with Gasteiger partial charge in [0.15, 0.2) is 0 Å². The van der Waals surface area contributed by atoms with Crippen LogP contribution in [0.2, 0.25) is 0 Å². The molecule has 6 heteroatoms. The molecule has 4 fully saturated rings. The molecule has 1 aromatic heterocycles. The van der Waals surface area contributed by atoms with E-state index in [0.717, 1.165) is 25.8 Å². The monoisotopic (exact) mass is 358 g/mol. The van der Waals surface area contributed by atoms with Crippen LogP contribution < -0.4 is 5.32 Å². The molecular formula is C20H30N4O2. The second kappa shape index (κ2) is 6.71. The maximum Gasteiger partial charge on any atom is 0.271 e. The van der Waals surface area contributed by atoms with Gasteiger partial charge in [0.1, 0.15) is 5.69 Å². The van der Waals surface area contributed by atoms with E-state index in [1.165, 1.54) is 6.42 Å². The molecule has 2 amide bonds. The molecule has 3 unspecified atom stereocenters. The third-order valence-electron chi connectivity index (χ3n) is 6.57. The lowest BCUT2D eigenvalue weighted by molar-refractivity contribution is -0.143. The maximum atomic E-state index is 12.8. The maximum absolute atomic E-state index is 12.8. The standard InChI is InChI=1S/C20H30N4O2/c1-12(2)23-10-17(22-11-23)19(25)21-8-15-7-14-4-5-18(15)24(9-14)20(26)16-6-13(16)3/h10-16,18H,4-9H2,1-3H3,(H,21,25)/t13-,14?,15?,16-,18?/m0/s1. The van der Waals surface area contributed by atoms with Gasteiger partial charge in [-0.1, -0.05) is 6.92 Å². The largest absolute Gasteiger partial charge is 0.350 e. The lowest BCUT2D eigenvalue weighted by atomic mass is 9.72. The van der Waals surface area contributed by atoms with E-state index in [0.29, 0.717) is 48.0 Å². The molecule has 2 bridgehead atoms. The topological polar surface area (TPSA) is 67.2 Å². The molecule has 3 heterocycles. The first kappa shape index (κ1) is 17.6. The van der Waals surface area contributed by atoms with Crippen molar-refractivity contribution in [1.29, 1.82) is 0 Å². The highest BCUT2D eigenvalue weighted by molar-refractivity contribution is 5.92. The van der Waals surface area contributed by atoms with Gasteiger partial charge < -0.3 is 14.8 Å². The Labute approximate surface area is 155 Å². The lowest BCUT2D eigenvalue weighted by Crippen LogP contribution is -2.57. The zero-order valence-corrected chi connectivity index (χ0v) is 16.0. The summed E-state index contributed by atoms with van der Waals surface area (Å²) in [7, 11) is 0.